The maximum atomic E-state index is 13.0. The van der Waals surface area contributed by atoms with Crippen LogP contribution in [-0.4, -0.2) is 48.0 Å². The van der Waals surface area contributed by atoms with E-state index in [0.29, 0.717) is 30.3 Å². The van der Waals surface area contributed by atoms with Crippen molar-refractivity contribution in [3.63, 3.8) is 0 Å². The highest BCUT2D eigenvalue weighted by Crippen LogP contribution is 2.36. The molecular formula is C25H35N3O5. The quantitative estimate of drug-likeness (QED) is 0.609. The minimum absolute atomic E-state index is 0.224. The molecule has 2 saturated carbocycles. The van der Waals surface area contributed by atoms with Gasteiger partial charge >= 0.3 is 6.03 Å². The molecule has 2 N–H and O–H groups in total. The number of methoxy groups -OCH3 is 1. The molecule has 0 bridgehead atoms. The van der Waals surface area contributed by atoms with Gasteiger partial charge in [-0.05, 0) is 81.9 Å². The van der Waals surface area contributed by atoms with Crippen LogP contribution in [0.5, 0.6) is 11.5 Å². The third-order valence-corrected chi connectivity index (χ3v) is 7.34. The van der Waals surface area contributed by atoms with Crippen LogP contribution in [0.15, 0.2) is 18.2 Å². The van der Waals surface area contributed by atoms with Gasteiger partial charge in [-0.1, -0.05) is 13.0 Å². The van der Waals surface area contributed by atoms with Crippen LogP contribution in [0.4, 0.5) is 4.79 Å². The molecule has 1 saturated heterocycles. The second-order valence-electron chi connectivity index (χ2n) is 9.81. The minimum atomic E-state index is -0.835. The molecule has 0 radical (unpaired) electrons. The molecule has 1 aromatic rings. The number of urea groups is 1. The van der Waals surface area contributed by atoms with Crippen molar-refractivity contribution in [3.05, 3.63) is 23.8 Å². The Balaban J connectivity index is 1.36. The summed E-state index contributed by atoms with van der Waals surface area (Å²) in [5, 5.41) is 5.76. The van der Waals surface area contributed by atoms with Gasteiger partial charge in [0.05, 0.1) is 19.3 Å². The monoisotopic (exact) mass is 457 g/mol. The molecule has 1 heterocycles. The summed E-state index contributed by atoms with van der Waals surface area (Å²) in [6.07, 6.45) is 7.75. The van der Waals surface area contributed by atoms with Crippen LogP contribution in [0.1, 0.15) is 76.8 Å². The Hall–Kier alpha value is -2.77. The SMILES string of the molecule is COc1cc(C(C)NC(=O)CN2C(=O)NC3(CCC(C)CC3)C2=O)ccc1OC1CCCC1. The van der Waals surface area contributed by atoms with Crippen molar-refractivity contribution in [1.29, 1.82) is 0 Å². The normalized spacial score (nSPS) is 26.4. The number of ether oxygens (including phenoxy) is 2. The Morgan fingerprint density at radius 2 is 1.88 bits per heavy atom. The molecule has 1 atom stereocenters. The Morgan fingerprint density at radius 1 is 1.18 bits per heavy atom. The van der Waals surface area contributed by atoms with Crippen LogP contribution in [0.25, 0.3) is 0 Å². The number of amides is 4. The lowest BCUT2D eigenvalue weighted by molar-refractivity contribution is -0.136. The molecule has 2 aliphatic carbocycles. The number of hydrogen-bond acceptors (Lipinski definition) is 5. The average molecular weight is 458 g/mol. The first-order chi connectivity index (χ1) is 15.8. The van der Waals surface area contributed by atoms with Crippen LogP contribution in [0.2, 0.25) is 0 Å². The summed E-state index contributed by atoms with van der Waals surface area (Å²) in [7, 11) is 1.60. The molecule has 3 aliphatic rings. The van der Waals surface area contributed by atoms with Crippen LogP contribution in [-0.2, 0) is 9.59 Å². The van der Waals surface area contributed by atoms with Gasteiger partial charge in [0.25, 0.3) is 5.91 Å². The molecule has 4 rings (SSSR count). The largest absolute Gasteiger partial charge is 0.493 e. The molecule has 3 fully saturated rings. The van der Waals surface area contributed by atoms with E-state index >= 15 is 0 Å². The van der Waals surface area contributed by atoms with Gasteiger partial charge in [0.1, 0.15) is 12.1 Å². The zero-order chi connectivity index (χ0) is 23.6. The van der Waals surface area contributed by atoms with Gasteiger partial charge < -0.3 is 20.1 Å². The predicted molar refractivity (Wildman–Crippen MR) is 123 cm³/mol. The summed E-state index contributed by atoms with van der Waals surface area (Å²) in [6, 6.07) is 4.84. The molecule has 8 nitrogen and oxygen atoms in total. The van der Waals surface area contributed by atoms with E-state index in [9.17, 15) is 14.4 Å². The van der Waals surface area contributed by atoms with Crippen LogP contribution >= 0.6 is 0 Å². The molecule has 33 heavy (non-hydrogen) atoms. The molecular weight excluding hydrogens is 422 g/mol. The van der Waals surface area contributed by atoms with Crippen molar-refractivity contribution >= 4 is 17.8 Å². The van der Waals surface area contributed by atoms with E-state index in [0.717, 1.165) is 36.1 Å². The number of carbonyl (C=O) groups is 3. The van der Waals surface area contributed by atoms with Gasteiger partial charge in [-0.2, -0.15) is 0 Å². The summed E-state index contributed by atoms with van der Waals surface area (Å²) < 4.78 is 11.6. The van der Waals surface area contributed by atoms with E-state index in [2.05, 4.69) is 17.6 Å². The minimum Gasteiger partial charge on any atom is -0.493 e. The van der Waals surface area contributed by atoms with Gasteiger partial charge in [-0.15, -0.1) is 0 Å². The second-order valence-corrected chi connectivity index (χ2v) is 9.81. The molecule has 4 amide bonds. The molecule has 8 heteroatoms. The highest BCUT2D eigenvalue weighted by Gasteiger charge is 2.52. The van der Waals surface area contributed by atoms with Crippen LogP contribution < -0.4 is 20.1 Å². The fourth-order valence-electron chi connectivity index (χ4n) is 5.16. The molecule has 0 aromatic heterocycles. The number of imide groups is 1. The first kappa shape index (κ1) is 23.4. The number of hydrogen-bond donors (Lipinski definition) is 2. The highest BCUT2D eigenvalue weighted by atomic mass is 16.5. The number of rotatable bonds is 7. The summed E-state index contributed by atoms with van der Waals surface area (Å²) in [5.41, 5.74) is 0.0202. The molecule has 1 spiro atoms. The van der Waals surface area contributed by atoms with E-state index in [-0.39, 0.29) is 30.5 Å². The van der Waals surface area contributed by atoms with Crippen molar-refractivity contribution in [2.24, 2.45) is 5.92 Å². The Bertz CT molecular complexity index is 903. The van der Waals surface area contributed by atoms with Crippen molar-refractivity contribution < 1.29 is 23.9 Å². The van der Waals surface area contributed by atoms with E-state index < -0.39 is 11.6 Å². The lowest BCUT2D eigenvalue weighted by atomic mass is 9.77. The fourth-order valence-corrected chi connectivity index (χ4v) is 5.16. The van der Waals surface area contributed by atoms with E-state index in [1.54, 1.807) is 7.11 Å². The van der Waals surface area contributed by atoms with E-state index in [1.165, 1.54) is 12.8 Å². The third kappa shape index (κ3) is 4.94. The van der Waals surface area contributed by atoms with Crippen LogP contribution in [0.3, 0.4) is 0 Å². The van der Waals surface area contributed by atoms with Gasteiger partial charge in [0.15, 0.2) is 11.5 Å². The van der Waals surface area contributed by atoms with Crippen molar-refractivity contribution in [3.8, 4) is 11.5 Å². The van der Waals surface area contributed by atoms with Crippen molar-refractivity contribution in [2.45, 2.75) is 82.9 Å². The lowest BCUT2D eigenvalue weighted by Crippen LogP contribution is -2.50. The fraction of sp³-hybridized carbons (Fsp3) is 0.640. The molecule has 1 unspecified atom stereocenters. The molecule has 1 aliphatic heterocycles. The zero-order valence-electron chi connectivity index (χ0n) is 19.8. The second kappa shape index (κ2) is 9.61. The Labute approximate surface area is 195 Å². The van der Waals surface area contributed by atoms with Crippen molar-refractivity contribution in [2.75, 3.05) is 13.7 Å². The van der Waals surface area contributed by atoms with E-state index in [4.69, 9.17) is 9.47 Å². The summed E-state index contributed by atoms with van der Waals surface area (Å²) >= 11 is 0. The van der Waals surface area contributed by atoms with Gasteiger partial charge in [-0.25, -0.2) is 4.79 Å². The summed E-state index contributed by atoms with van der Waals surface area (Å²) in [4.78, 5) is 39.2. The third-order valence-electron chi connectivity index (χ3n) is 7.34. The lowest BCUT2D eigenvalue weighted by Gasteiger charge is -2.33. The summed E-state index contributed by atoms with van der Waals surface area (Å²) in [5.74, 6) is 1.22. The standard InChI is InChI=1S/C25H35N3O5/c1-16-10-12-25(13-11-16)23(30)28(24(31)27-25)15-22(29)26-17(2)18-8-9-20(21(14-18)32-3)33-19-6-4-5-7-19/h8-9,14,16-17,19H,4-7,10-13,15H2,1-3H3,(H,26,29)(H,27,31). The highest BCUT2D eigenvalue weighted by molar-refractivity contribution is 6.09. The maximum absolute atomic E-state index is 13.0. The Kier molecular flexibility index (Phi) is 6.81. The van der Waals surface area contributed by atoms with Crippen molar-refractivity contribution in [1.82, 2.24) is 15.5 Å². The molecule has 180 valence electrons. The first-order valence-corrected chi connectivity index (χ1v) is 12.1. The number of carbonyl (C=O) groups excluding carboxylic acids is 3. The summed E-state index contributed by atoms with van der Waals surface area (Å²) in [6.45, 7) is 3.73. The topological polar surface area (TPSA) is 97.0 Å². The smallest absolute Gasteiger partial charge is 0.325 e. The number of nitrogens with one attached hydrogen (secondary N) is 2. The van der Waals surface area contributed by atoms with Gasteiger partial charge in [0.2, 0.25) is 5.91 Å². The number of benzene rings is 1. The average Bonchev–Trinajstić information content (AvgIpc) is 3.38. The predicted octanol–water partition coefficient (Wildman–Crippen LogP) is 3.69. The van der Waals surface area contributed by atoms with Gasteiger partial charge in [-0.3, -0.25) is 14.5 Å². The first-order valence-electron chi connectivity index (χ1n) is 12.1. The Morgan fingerprint density at radius 3 is 2.55 bits per heavy atom. The maximum Gasteiger partial charge on any atom is 0.325 e. The molecule has 1 aromatic carbocycles. The van der Waals surface area contributed by atoms with Crippen LogP contribution in [0, 0.1) is 5.92 Å². The number of nitrogens with zero attached hydrogens (tertiary/aromatic N) is 1. The van der Waals surface area contributed by atoms with E-state index in [1.807, 2.05) is 25.1 Å². The van der Waals surface area contributed by atoms with Gasteiger partial charge in [0, 0.05) is 0 Å². The zero-order valence-corrected chi connectivity index (χ0v) is 19.8.